The summed E-state index contributed by atoms with van der Waals surface area (Å²) in [7, 11) is 0. The van der Waals surface area contributed by atoms with Crippen LogP contribution >= 0.6 is 12.4 Å². The van der Waals surface area contributed by atoms with E-state index in [-0.39, 0.29) is 12.4 Å². The zero-order chi connectivity index (χ0) is 12.4. The van der Waals surface area contributed by atoms with Crippen LogP contribution in [0.1, 0.15) is 0 Å². The lowest BCUT2D eigenvalue weighted by Crippen LogP contribution is -2.24. The number of halogens is 1. The standard InChI is InChI=1S/C16H14N2.ClH/c17-18(14-9-2-1-3-10-14)16-12-6-8-13-7-4-5-11-15(13)16;/h1-12H,17H2;1H. The van der Waals surface area contributed by atoms with E-state index < -0.39 is 0 Å². The van der Waals surface area contributed by atoms with Crippen molar-refractivity contribution in [3.8, 4) is 0 Å². The largest absolute Gasteiger partial charge is 0.279 e. The summed E-state index contributed by atoms with van der Waals surface area (Å²) >= 11 is 0. The number of hydrogen-bond acceptors (Lipinski definition) is 2. The van der Waals surface area contributed by atoms with Gasteiger partial charge in [0.1, 0.15) is 0 Å². The molecule has 0 aliphatic heterocycles. The molecule has 0 saturated carbocycles. The summed E-state index contributed by atoms with van der Waals surface area (Å²) in [5.41, 5.74) is 1.99. The van der Waals surface area contributed by atoms with Gasteiger partial charge in [-0.15, -0.1) is 12.4 Å². The molecule has 0 amide bonds. The first-order valence-corrected chi connectivity index (χ1v) is 5.94. The number of nitrogens with two attached hydrogens (primary N) is 1. The Hall–Kier alpha value is -2.03. The molecule has 3 rings (SSSR count). The van der Waals surface area contributed by atoms with Crippen molar-refractivity contribution in [2.75, 3.05) is 5.01 Å². The number of nitrogens with zero attached hydrogens (tertiary/aromatic N) is 1. The summed E-state index contributed by atoms with van der Waals surface area (Å²) < 4.78 is 0. The summed E-state index contributed by atoms with van der Waals surface area (Å²) in [4.78, 5) is 0. The molecule has 0 atom stereocenters. The van der Waals surface area contributed by atoms with Gasteiger partial charge in [0.05, 0.1) is 11.4 Å². The van der Waals surface area contributed by atoms with Crippen LogP contribution in [-0.2, 0) is 0 Å². The van der Waals surface area contributed by atoms with E-state index in [1.54, 1.807) is 5.01 Å². The van der Waals surface area contributed by atoms with Gasteiger partial charge in [0.2, 0.25) is 0 Å². The average molecular weight is 271 g/mol. The smallest absolute Gasteiger partial charge is 0.0653 e. The third-order valence-corrected chi connectivity index (χ3v) is 3.06. The third-order valence-electron chi connectivity index (χ3n) is 3.06. The molecule has 0 unspecified atom stereocenters. The molecule has 19 heavy (non-hydrogen) atoms. The average Bonchev–Trinajstić information content (AvgIpc) is 2.47. The van der Waals surface area contributed by atoms with Crippen LogP contribution in [0.2, 0.25) is 0 Å². The maximum atomic E-state index is 6.22. The highest BCUT2D eigenvalue weighted by atomic mass is 35.5. The van der Waals surface area contributed by atoms with Crippen LogP contribution < -0.4 is 10.9 Å². The minimum absolute atomic E-state index is 0. The number of benzene rings is 3. The van der Waals surface area contributed by atoms with Crippen molar-refractivity contribution in [1.82, 2.24) is 0 Å². The Morgan fingerprint density at radius 3 is 2.11 bits per heavy atom. The highest BCUT2D eigenvalue weighted by Crippen LogP contribution is 2.29. The number of para-hydroxylation sites is 1. The lowest BCUT2D eigenvalue weighted by atomic mass is 10.1. The maximum Gasteiger partial charge on any atom is 0.0653 e. The van der Waals surface area contributed by atoms with E-state index in [0.717, 1.165) is 16.8 Å². The Morgan fingerprint density at radius 1 is 0.684 bits per heavy atom. The molecule has 96 valence electrons. The number of hydrazine groups is 1. The molecule has 0 aliphatic carbocycles. The zero-order valence-corrected chi connectivity index (χ0v) is 11.2. The fourth-order valence-electron chi connectivity index (χ4n) is 2.15. The summed E-state index contributed by atoms with van der Waals surface area (Å²) in [6, 6.07) is 24.4. The van der Waals surface area contributed by atoms with Gasteiger partial charge >= 0.3 is 0 Å². The lowest BCUT2D eigenvalue weighted by Gasteiger charge is -2.20. The summed E-state index contributed by atoms with van der Waals surface area (Å²) in [6.45, 7) is 0. The van der Waals surface area contributed by atoms with Gasteiger partial charge in [-0.1, -0.05) is 54.6 Å². The first kappa shape index (κ1) is 13.4. The molecule has 2 N–H and O–H groups in total. The van der Waals surface area contributed by atoms with Crippen molar-refractivity contribution < 1.29 is 0 Å². The summed E-state index contributed by atoms with van der Waals surface area (Å²) in [6.07, 6.45) is 0. The van der Waals surface area contributed by atoms with E-state index in [1.807, 2.05) is 54.6 Å². The Morgan fingerprint density at radius 2 is 1.32 bits per heavy atom. The fraction of sp³-hybridized carbons (Fsp3) is 0. The summed E-state index contributed by atoms with van der Waals surface area (Å²) in [5.74, 6) is 6.22. The molecule has 3 aromatic rings. The van der Waals surface area contributed by atoms with E-state index in [0.29, 0.717) is 0 Å². The van der Waals surface area contributed by atoms with Gasteiger partial charge in [0.25, 0.3) is 0 Å². The molecule has 0 heterocycles. The molecule has 0 radical (unpaired) electrons. The molecule has 0 fully saturated rings. The third kappa shape index (κ3) is 2.55. The zero-order valence-electron chi connectivity index (χ0n) is 10.4. The van der Waals surface area contributed by atoms with E-state index in [4.69, 9.17) is 5.84 Å². The predicted octanol–water partition coefficient (Wildman–Crippen LogP) is 4.27. The van der Waals surface area contributed by atoms with Crippen molar-refractivity contribution in [2.24, 2.45) is 5.84 Å². The van der Waals surface area contributed by atoms with Gasteiger partial charge in [-0.25, -0.2) is 5.84 Å². The Labute approximate surface area is 118 Å². The monoisotopic (exact) mass is 270 g/mol. The molecule has 3 aromatic carbocycles. The first-order chi connectivity index (χ1) is 8.86. The number of rotatable bonds is 2. The van der Waals surface area contributed by atoms with E-state index in [2.05, 4.69) is 18.2 Å². The normalized spacial score (nSPS) is 9.95. The minimum Gasteiger partial charge on any atom is -0.279 e. The van der Waals surface area contributed by atoms with Crippen LogP contribution in [0.5, 0.6) is 0 Å². The van der Waals surface area contributed by atoms with Crippen LogP contribution in [0.25, 0.3) is 10.8 Å². The quantitative estimate of drug-likeness (QED) is 0.556. The van der Waals surface area contributed by atoms with Crippen LogP contribution in [0.15, 0.2) is 72.8 Å². The summed E-state index contributed by atoms with van der Waals surface area (Å²) in [5, 5.41) is 4.08. The fourth-order valence-corrected chi connectivity index (χ4v) is 2.15. The first-order valence-electron chi connectivity index (χ1n) is 5.94. The number of hydrogen-bond donors (Lipinski definition) is 1. The van der Waals surface area contributed by atoms with Crippen molar-refractivity contribution in [3.05, 3.63) is 72.8 Å². The second kappa shape index (κ2) is 5.74. The van der Waals surface area contributed by atoms with E-state index >= 15 is 0 Å². The molecular formula is C16H15ClN2. The Kier molecular flexibility index (Phi) is 4.05. The molecule has 2 nitrogen and oxygen atoms in total. The number of fused-ring (bicyclic) bond motifs is 1. The van der Waals surface area contributed by atoms with E-state index in [1.165, 1.54) is 5.39 Å². The number of anilines is 2. The predicted molar refractivity (Wildman–Crippen MR) is 84.0 cm³/mol. The van der Waals surface area contributed by atoms with Crippen molar-refractivity contribution in [3.63, 3.8) is 0 Å². The van der Waals surface area contributed by atoms with Gasteiger partial charge in [0.15, 0.2) is 0 Å². The maximum absolute atomic E-state index is 6.22. The molecule has 0 spiro atoms. The van der Waals surface area contributed by atoms with Gasteiger partial charge in [0, 0.05) is 5.39 Å². The molecule has 0 aromatic heterocycles. The lowest BCUT2D eigenvalue weighted by molar-refractivity contribution is 1.10. The molecular weight excluding hydrogens is 256 g/mol. The highest BCUT2D eigenvalue weighted by molar-refractivity contribution is 5.95. The van der Waals surface area contributed by atoms with Gasteiger partial charge in [-0.05, 0) is 23.6 Å². The second-order valence-corrected chi connectivity index (χ2v) is 4.20. The van der Waals surface area contributed by atoms with Gasteiger partial charge in [-0.2, -0.15) is 0 Å². The minimum atomic E-state index is 0. The molecule has 3 heteroatoms. The van der Waals surface area contributed by atoms with Gasteiger partial charge < -0.3 is 0 Å². The van der Waals surface area contributed by atoms with Crippen molar-refractivity contribution >= 4 is 34.6 Å². The van der Waals surface area contributed by atoms with Crippen molar-refractivity contribution in [2.45, 2.75) is 0 Å². The van der Waals surface area contributed by atoms with Gasteiger partial charge in [-0.3, -0.25) is 5.01 Å². The Bertz CT molecular complexity index is 662. The Balaban J connectivity index is 0.00000133. The van der Waals surface area contributed by atoms with Crippen LogP contribution in [-0.4, -0.2) is 0 Å². The topological polar surface area (TPSA) is 29.3 Å². The molecule has 0 saturated heterocycles. The van der Waals surface area contributed by atoms with E-state index in [9.17, 15) is 0 Å². The molecule has 0 aliphatic rings. The highest BCUT2D eigenvalue weighted by Gasteiger charge is 2.07. The second-order valence-electron chi connectivity index (χ2n) is 4.20. The van der Waals surface area contributed by atoms with Crippen LogP contribution in [0.3, 0.4) is 0 Å². The van der Waals surface area contributed by atoms with Crippen LogP contribution in [0.4, 0.5) is 11.4 Å². The van der Waals surface area contributed by atoms with Crippen molar-refractivity contribution in [1.29, 1.82) is 0 Å². The SMILES string of the molecule is Cl.NN(c1ccccc1)c1cccc2ccccc12. The van der Waals surface area contributed by atoms with Crippen LogP contribution in [0, 0.1) is 0 Å². The molecule has 0 bridgehead atoms.